The van der Waals surface area contributed by atoms with Crippen LogP contribution in [0.3, 0.4) is 0 Å². The lowest BCUT2D eigenvalue weighted by atomic mass is 10.3. The van der Waals surface area contributed by atoms with Gasteiger partial charge in [0.1, 0.15) is 5.52 Å². The van der Waals surface area contributed by atoms with Gasteiger partial charge in [-0.3, -0.25) is 4.79 Å². The van der Waals surface area contributed by atoms with Crippen LogP contribution in [0.15, 0.2) is 18.2 Å². The van der Waals surface area contributed by atoms with E-state index in [0.29, 0.717) is 16.1 Å². The van der Waals surface area contributed by atoms with Gasteiger partial charge in [-0.2, -0.15) is 0 Å². The summed E-state index contributed by atoms with van der Waals surface area (Å²) < 4.78 is 0. The number of nitrogens with zero attached hydrogens (tertiary/aromatic N) is 2. The van der Waals surface area contributed by atoms with Gasteiger partial charge in [-0.15, -0.1) is 0 Å². The van der Waals surface area contributed by atoms with Crippen molar-refractivity contribution < 1.29 is 4.79 Å². The van der Waals surface area contributed by atoms with E-state index in [1.165, 1.54) is 0 Å². The molecule has 0 saturated heterocycles. The average Bonchev–Trinajstić information content (AvgIpc) is 2.18. The van der Waals surface area contributed by atoms with Crippen molar-refractivity contribution in [3.05, 3.63) is 34.1 Å². The van der Waals surface area contributed by atoms with Crippen LogP contribution in [-0.2, 0) is 0 Å². The molecule has 15 heavy (non-hydrogen) atoms. The van der Waals surface area contributed by atoms with E-state index in [1.54, 1.807) is 18.2 Å². The second-order valence-electron chi connectivity index (χ2n) is 2.83. The van der Waals surface area contributed by atoms with Crippen LogP contribution >= 0.6 is 23.2 Å². The molecule has 0 bridgehead atoms. The smallest absolute Gasteiger partial charge is 0.270 e. The van der Waals surface area contributed by atoms with Crippen LogP contribution in [0.4, 0.5) is 0 Å². The highest BCUT2D eigenvalue weighted by Gasteiger charge is 2.12. The molecule has 2 rings (SSSR count). The van der Waals surface area contributed by atoms with Crippen molar-refractivity contribution in [2.75, 3.05) is 0 Å². The van der Waals surface area contributed by atoms with E-state index >= 15 is 0 Å². The number of nitrogens with two attached hydrogens (primary N) is 1. The van der Waals surface area contributed by atoms with Crippen LogP contribution in [0.25, 0.3) is 11.0 Å². The van der Waals surface area contributed by atoms with E-state index in [1.807, 2.05) is 0 Å². The van der Waals surface area contributed by atoms with E-state index in [2.05, 4.69) is 9.97 Å². The molecule has 0 saturated carbocycles. The van der Waals surface area contributed by atoms with Gasteiger partial charge in [0, 0.05) is 0 Å². The molecular weight excluding hydrogens is 237 g/mol. The number of amides is 1. The van der Waals surface area contributed by atoms with E-state index < -0.39 is 5.91 Å². The van der Waals surface area contributed by atoms with Gasteiger partial charge < -0.3 is 5.73 Å². The summed E-state index contributed by atoms with van der Waals surface area (Å²) in [5, 5.41) is 0.390. The Hall–Kier alpha value is -1.39. The van der Waals surface area contributed by atoms with Crippen molar-refractivity contribution in [2.24, 2.45) is 5.73 Å². The van der Waals surface area contributed by atoms with E-state index in [9.17, 15) is 4.79 Å². The van der Waals surface area contributed by atoms with Gasteiger partial charge in [-0.25, -0.2) is 9.97 Å². The number of para-hydroxylation sites is 1. The molecule has 0 aliphatic rings. The Morgan fingerprint density at radius 3 is 2.67 bits per heavy atom. The zero-order valence-electron chi connectivity index (χ0n) is 7.37. The van der Waals surface area contributed by atoms with Crippen LogP contribution in [0.1, 0.15) is 10.5 Å². The standard InChI is InChI=1S/C9H5Cl2N3O/c10-4-2-1-3-5-6(4)14-8(11)7(13-5)9(12)15/h1-3H,(H2,12,15). The van der Waals surface area contributed by atoms with Gasteiger partial charge in [0.25, 0.3) is 5.91 Å². The molecule has 1 aromatic carbocycles. The number of carbonyl (C=O) groups is 1. The number of benzene rings is 1. The van der Waals surface area contributed by atoms with Crippen molar-refractivity contribution >= 4 is 40.1 Å². The largest absolute Gasteiger partial charge is 0.364 e. The van der Waals surface area contributed by atoms with Gasteiger partial charge in [-0.05, 0) is 12.1 Å². The minimum absolute atomic E-state index is 0.0388. The molecule has 0 aliphatic heterocycles. The quantitative estimate of drug-likeness (QED) is 0.831. The number of halogens is 2. The molecule has 0 atom stereocenters. The number of primary amides is 1. The Labute approximate surface area is 95.0 Å². The fourth-order valence-electron chi connectivity index (χ4n) is 1.18. The Balaban J connectivity index is 2.82. The Morgan fingerprint density at radius 2 is 2.00 bits per heavy atom. The third-order valence-corrected chi connectivity index (χ3v) is 2.41. The molecule has 0 radical (unpaired) electrons. The highest BCUT2D eigenvalue weighted by Crippen LogP contribution is 2.23. The number of hydrogen-bond acceptors (Lipinski definition) is 3. The molecule has 6 heteroatoms. The van der Waals surface area contributed by atoms with Crippen molar-refractivity contribution in [1.29, 1.82) is 0 Å². The van der Waals surface area contributed by atoms with Gasteiger partial charge in [0.2, 0.25) is 0 Å². The maximum atomic E-state index is 11.0. The number of aromatic nitrogens is 2. The molecule has 0 fully saturated rings. The summed E-state index contributed by atoms with van der Waals surface area (Å²) in [4.78, 5) is 18.9. The lowest BCUT2D eigenvalue weighted by Gasteiger charge is -2.02. The zero-order chi connectivity index (χ0) is 11.0. The first-order valence-corrected chi connectivity index (χ1v) is 4.77. The highest BCUT2D eigenvalue weighted by atomic mass is 35.5. The molecular formula is C9H5Cl2N3O. The highest BCUT2D eigenvalue weighted by molar-refractivity contribution is 6.36. The molecule has 2 aromatic rings. The number of fused-ring (bicyclic) bond motifs is 1. The monoisotopic (exact) mass is 241 g/mol. The third kappa shape index (κ3) is 1.73. The van der Waals surface area contributed by atoms with Gasteiger partial charge in [0.15, 0.2) is 10.8 Å². The molecule has 1 amide bonds. The molecule has 2 N–H and O–H groups in total. The molecule has 0 aliphatic carbocycles. The van der Waals surface area contributed by atoms with Gasteiger partial charge >= 0.3 is 0 Å². The predicted octanol–water partition coefficient (Wildman–Crippen LogP) is 2.04. The maximum Gasteiger partial charge on any atom is 0.270 e. The van der Waals surface area contributed by atoms with Crippen molar-refractivity contribution in [3.8, 4) is 0 Å². The second kappa shape index (κ2) is 3.64. The van der Waals surface area contributed by atoms with Crippen molar-refractivity contribution in [3.63, 3.8) is 0 Å². The normalized spacial score (nSPS) is 10.5. The SMILES string of the molecule is NC(=O)c1nc2cccc(Cl)c2nc1Cl. The summed E-state index contributed by atoms with van der Waals surface area (Å²) in [5.74, 6) is -0.714. The van der Waals surface area contributed by atoms with E-state index in [-0.39, 0.29) is 10.8 Å². The van der Waals surface area contributed by atoms with Gasteiger partial charge in [0.05, 0.1) is 10.5 Å². The average molecular weight is 242 g/mol. The molecule has 76 valence electrons. The molecule has 4 nitrogen and oxygen atoms in total. The van der Waals surface area contributed by atoms with Crippen LogP contribution in [-0.4, -0.2) is 15.9 Å². The number of hydrogen-bond donors (Lipinski definition) is 1. The second-order valence-corrected chi connectivity index (χ2v) is 3.60. The Bertz CT molecular complexity index is 556. The maximum absolute atomic E-state index is 11.0. The summed E-state index contributed by atoms with van der Waals surface area (Å²) in [7, 11) is 0. The zero-order valence-corrected chi connectivity index (χ0v) is 8.88. The minimum Gasteiger partial charge on any atom is -0.364 e. The number of rotatable bonds is 1. The third-order valence-electron chi connectivity index (χ3n) is 1.84. The van der Waals surface area contributed by atoms with Gasteiger partial charge in [-0.1, -0.05) is 29.3 Å². The first-order chi connectivity index (χ1) is 7.09. The van der Waals surface area contributed by atoms with E-state index in [4.69, 9.17) is 28.9 Å². The lowest BCUT2D eigenvalue weighted by Crippen LogP contribution is -2.14. The summed E-state index contributed by atoms with van der Waals surface area (Å²) in [6.07, 6.45) is 0. The van der Waals surface area contributed by atoms with E-state index in [0.717, 1.165) is 0 Å². The fourth-order valence-corrected chi connectivity index (χ4v) is 1.61. The summed E-state index contributed by atoms with van der Waals surface area (Å²) in [6.45, 7) is 0. The Kier molecular flexibility index (Phi) is 2.46. The molecule has 0 unspecified atom stereocenters. The van der Waals surface area contributed by atoms with Crippen LogP contribution in [0.2, 0.25) is 10.2 Å². The molecule has 1 aromatic heterocycles. The summed E-state index contributed by atoms with van der Waals surface area (Å²) in [6, 6.07) is 5.05. The minimum atomic E-state index is -0.714. The van der Waals surface area contributed by atoms with Crippen molar-refractivity contribution in [2.45, 2.75) is 0 Å². The topological polar surface area (TPSA) is 68.9 Å². The summed E-state index contributed by atoms with van der Waals surface area (Å²) >= 11 is 11.6. The lowest BCUT2D eigenvalue weighted by molar-refractivity contribution is 0.0996. The molecule has 0 spiro atoms. The fraction of sp³-hybridized carbons (Fsp3) is 0. The summed E-state index contributed by atoms with van der Waals surface area (Å²) in [5.41, 5.74) is 5.97. The van der Waals surface area contributed by atoms with Crippen LogP contribution in [0.5, 0.6) is 0 Å². The predicted molar refractivity (Wildman–Crippen MR) is 58.1 cm³/mol. The molecule has 1 heterocycles. The van der Waals surface area contributed by atoms with Crippen molar-refractivity contribution in [1.82, 2.24) is 9.97 Å². The first-order valence-electron chi connectivity index (χ1n) is 4.01. The number of carbonyl (C=O) groups excluding carboxylic acids is 1. The van der Waals surface area contributed by atoms with Crippen LogP contribution < -0.4 is 5.73 Å². The Morgan fingerprint density at radius 1 is 1.27 bits per heavy atom. The first kappa shape index (κ1) is 10.1. The van der Waals surface area contributed by atoms with Crippen LogP contribution in [0, 0.1) is 0 Å².